The molecular formula is C16H16O2S2. The van der Waals surface area contributed by atoms with E-state index in [-0.39, 0.29) is 0 Å². The lowest BCUT2D eigenvalue weighted by atomic mass is 10.2. The summed E-state index contributed by atoms with van der Waals surface area (Å²) in [4.78, 5) is 13.2. The number of thioether (sulfide) groups is 2. The Kier molecular flexibility index (Phi) is 5.56. The van der Waals surface area contributed by atoms with Crippen molar-refractivity contribution in [2.75, 3.05) is 5.75 Å². The highest BCUT2D eigenvalue weighted by atomic mass is 32.2. The van der Waals surface area contributed by atoms with Crippen LogP contribution in [0.1, 0.15) is 22.8 Å². The second-order valence-corrected chi connectivity index (χ2v) is 6.46. The molecule has 0 aliphatic carbocycles. The van der Waals surface area contributed by atoms with E-state index in [1.54, 1.807) is 23.5 Å². The average Bonchev–Trinajstić information content (AvgIpc) is 2.46. The van der Waals surface area contributed by atoms with Crippen molar-refractivity contribution in [1.82, 2.24) is 0 Å². The maximum atomic E-state index is 11.5. The Labute approximate surface area is 127 Å². The zero-order valence-electron chi connectivity index (χ0n) is 11.2. The summed E-state index contributed by atoms with van der Waals surface area (Å²) >= 11 is 3.15. The first kappa shape index (κ1) is 15.0. The highest BCUT2D eigenvalue weighted by molar-refractivity contribution is 7.99. The molecule has 0 saturated carbocycles. The van der Waals surface area contributed by atoms with Gasteiger partial charge in [-0.3, -0.25) is 0 Å². The van der Waals surface area contributed by atoms with Crippen LogP contribution in [0.15, 0.2) is 58.3 Å². The minimum Gasteiger partial charge on any atom is -0.478 e. The summed E-state index contributed by atoms with van der Waals surface area (Å²) in [5, 5.41) is 9.44. The third-order valence-corrected chi connectivity index (χ3v) is 4.81. The summed E-state index contributed by atoms with van der Waals surface area (Å²) < 4.78 is 0. The van der Waals surface area contributed by atoms with Crippen molar-refractivity contribution in [1.29, 1.82) is 0 Å². The molecule has 0 unspecified atom stereocenters. The zero-order valence-corrected chi connectivity index (χ0v) is 12.8. The smallest absolute Gasteiger partial charge is 0.337 e. The zero-order chi connectivity index (χ0) is 14.4. The van der Waals surface area contributed by atoms with Crippen LogP contribution in [0, 0.1) is 0 Å². The Morgan fingerprint density at radius 3 is 2.25 bits per heavy atom. The van der Waals surface area contributed by atoms with Gasteiger partial charge in [-0.1, -0.05) is 43.3 Å². The van der Waals surface area contributed by atoms with Gasteiger partial charge >= 0.3 is 5.97 Å². The molecule has 0 aliphatic rings. The van der Waals surface area contributed by atoms with Crippen molar-refractivity contribution >= 4 is 29.5 Å². The maximum Gasteiger partial charge on any atom is 0.337 e. The predicted molar refractivity (Wildman–Crippen MR) is 85.8 cm³/mol. The van der Waals surface area contributed by atoms with Crippen molar-refractivity contribution in [3.63, 3.8) is 0 Å². The van der Waals surface area contributed by atoms with Crippen LogP contribution in [-0.4, -0.2) is 16.8 Å². The van der Waals surface area contributed by atoms with Gasteiger partial charge in [0.2, 0.25) is 0 Å². The average molecular weight is 304 g/mol. The van der Waals surface area contributed by atoms with Gasteiger partial charge in [-0.25, -0.2) is 4.79 Å². The van der Waals surface area contributed by atoms with Crippen molar-refractivity contribution in [2.45, 2.75) is 22.5 Å². The fourth-order valence-electron chi connectivity index (χ4n) is 1.85. The number of hydrogen-bond donors (Lipinski definition) is 1. The molecule has 2 aromatic rings. The molecular weight excluding hydrogens is 288 g/mol. The lowest BCUT2D eigenvalue weighted by Gasteiger charge is -2.10. The highest BCUT2D eigenvalue weighted by Crippen LogP contribution is 2.33. The quantitative estimate of drug-likeness (QED) is 0.779. The molecule has 0 radical (unpaired) electrons. The first-order chi connectivity index (χ1) is 9.72. The Balaban J connectivity index is 2.22. The molecule has 104 valence electrons. The highest BCUT2D eigenvalue weighted by Gasteiger charge is 2.15. The van der Waals surface area contributed by atoms with Crippen LogP contribution >= 0.6 is 23.5 Å². The van der Waals surface area contributed by atoms with Crippen LogP contribution < -0.4 is 0 Å². The number of carboxylic acids is 1. The Bertz CT molecular complexity index is 582. The van der Waals surface area contributed by atoms with Gasteiger partial charge in [0.05, 0.1) is 5.56 Å². The van der Waals surface area contributed by atoms with E-state index in [1.165, 1.54) is 5.56 Å². The minimum absolute atomic E-state index is 0.431. The molecule has 0 bridgehead atoms. The molecule has 0 spiro atoms. The van der Waals surface area contributed by atoms with Gasteiger partial charge in [0, 0.05) is 15.5 Å². The molecule has 20 heavy (non-hydrogen) atoms. The van der Waals surface area contributed by atoms with E-state index in [0.29, 0.717) is 5.56 Å². The van der Waals surface area contributed by atoms with Gasteiger partial charge in [-0.15, -0.1) is 23.5 Å². The number of hydrogen-bond acceptors (Lipinski definition) is 3. The number of carboxylic acid groups (broad SMARTS) is 1. The van der Waals surface area contributed by atoms with E-state index in [2.05, 4.69) is 12.1 Å². The Morgan fingerprint density at radius 1 is 1.00 bits per heavy atom. The topological polar surface area (TPSA) is 37.3 Å². The fraction of sp³-hybridized carbons (Fsp3) is 0.188. The number of carbonyl (C=O) groups is 1. The standard InChI is InChI=1S/C16H16O2S2/c1-2-19-13-9-6-10-14(15(13)16(17)18)20-11-12-7-4-3-5-8-12/h3-10H,2,11H2,1H3,(H,17,18). The van der Waals surface area contributed by atoms with Crippen LogP contribution in [0.25, 0.3) is 0 Å². The number of benzene rings is 2. The van der Waals surface area contributed by atoms with Crippen LogP contribution in [-0.2, 0) is 5.75 Å². The molecule has 0 amide bonds. The number of aromatic carboxylic acids is 1. The monoisotopic (exact) mass is 304 g/mol. The minimum atomic E-state index is -0.850. The van der Waals surface area contributed by atoms with Gasteiger partial charge in [0.1, 0.15) is 0 Å². The van der Waals surface area contributed by atoms with Gasteiger partial charge in [0.15, 0.2) is 0 Å². The van der Waals surface area contributed by atoms with Crippen LogP contribution in [0.5, 0.6) is 0 Å². The van der Waals surface area contributed by atoms with Gasteiger partial charge in [-0.05, 0) is 23.4 Å². The molecule has 0 aliphatic heterocycles. The lowest BCUT2D eigenvalue weighted by Crippen LogP contribution is -2.01. The summed E-state index contributed by atoms with van der Waals surface area (Å²) in [5.74, 6) is 0.797. The predicted octanol–water partition coefficient (Wildman–Crippen LogP) is 4.79. The molecule has 0 heterocycles. The van der Waals surface area contributed by atoms with Gasteiger partial charge in [0.25, 0.3) is 0 Å². The molecule has 4 heteroatoms. The van der Waals surface area contributed by atoms with Crippen LogP contribution in [0.3, 0.4) is 0 Å². The first-order valence-electron chi connectivity index (χ1n) is 6.38. The molecule has 2 aromatic carbocycles. The first-order valence-corrected chi connectivity index (χ1v) is 8.35. The van der Waals surface area contributed by atoms with E-state index < -0.39 is 5.97 Å². The van der Waals surface area contributed by atoms with Gasteiger partial charge < -0.3 is 5.11 Å². The summed E-state index contributed by atoms with van der Waals surface area (Å²) in [5.41, 5.74) is 1.63. The second-order valence-electron chi connectivity index (χ2n) is 4.14. The largest absolute Gasteiger partial charge is 0.478 e. The summed E-state index contributed by atoms with van der Waals surface area (Å²) in [6.45, 7) is 2.03. The molecule has 0 fully saturated rings. The van der Waals surface area contributed by atoms with E-state index in [4.69, 9.17) is 0 Å². The van der Waals surface area contributed by atoms with E-state index >= 15 is 0 Å². The lowest BCUT2D eigenvalue weighted by molar-refractivity contribution is 0.0689. The maximum absolute atomic E-state index is 11.5. The van der Waals surface area contributed by atoms with E-state index in [1.807, 2.05) is 43.3 Å². The SMILES string of the molecule is CCSc1cccc(SCc2ccccc2)c1C(=O)O. The van der Waals surface area contributed by atoms with Gasteiger partial charge in [-0.2, -0.15) is 0 Å². The second kappa shape index (κ2) is 7.41. The molecule has 2 nitrogen and oxygen atoms in total. The molecule has 0 atom stereocenters. The normalized spacial score (nSPS) is 10.4. The molecule has 0 saturated heterocycles. The summed E-state index contributed by atoms with van der Waals surface area (Å²) in [7, 11) is 0. The van der Waals surface area contributed by atoms with E-state index in [0.717, 1.165) is 21.3 Å². The third-order valence-electron chi connectivity index (χ3n) is 2.74. The Morgan fingerprint density at radius 2 is 1.65 bits per heavy atom. The van der Waals surface area contributed by atoms with E-state index in [9.17, 15) is 9.90 Å². The van der Waals surface area contributed by atoms with Crippen molar-refractivity contribution in [3.05, 3.63) is 59.7 Å². The van der Waals surface area contributed by atoms with Crippen molar-refractivity contribution < 1.29 is 9.90 Å². The molecule has 2 rings (SSSR count). The van der Waals surface area contributed by atoms with Crippen LogP contribution in [0.2, 0.25) is 0 Å². The third kappa shape index (κ3) is 3.81. The summed E-state index contributed by atoms with van der Waals surface area (Å²) in [6.07, 6.45) is 0. The van der Waals surface area contributed by atoms with Crippen LogP contribution in [0.4, 0.5) is 0 Å². The fourth-order valence-corrected chi connectivity index (χ4v) is 3.78. The van der Waals surface area contributed by atoms with Crippen molar-refractivity contribution in [2.24, 2.45) is 0 Å². The number of rotatable bonds is 6. The van der Waals surface area contributed by atoms with Crippen molar-refractivity contribution in [3.8, 4) is 0 Å². The Hall–Kier alpha value is -1.39. The molecule has 0 aromatic heterocycles. The summed E-state index contributed by atoms with van der Waals surface area (Å²) in [6, 6.07) is 15.8. The molecule has 1 N–H and O–H groups in total.